The Morgan fingerprint density at radius 3 is 1.95 bits per heavy atom. The summed E-state index contributed by atoms with van der Waals surface area (Å²) in [5.74, 6) is 1.20. The van der Waals surface area contributed by atoms with Crippen LogP contribution in [0.2, 0.25) is 0 Å². The van der Waals surface area contributed by atoms with Gasteiger partial charge in [-0.1, -0.05) is 76.1 Å². The number of aryl methyl sites for hydroxylation is 2. The number of benzene rings is 4. The Balaban J connectivity index is 0.00000289. The van der Waals surface area contributed by atoms with Crippen molar-refractivity contribution in [1.29, 1.82) is 0 Å². The van der Waals surface area contributed by atoms with Crippen LogP contribution in [0.15, 0.2) is 104 Å². The van der Waals surface area contributed by atoms with Crippen molar-refractivity contribution in [2.24, 2.45) is 0 Å². The van der Waals surface area contributed by atoms with E-state index >= 15 is 0 Å². The number of imidazole rings is 2. The smallest absolute Gasteiger partial charge is 0.497 e. The maximum Gasteiger partial charge on any atom is 2.00 e. The molecule has 7 heteroatoms. The van der Waals surface area contributed by atoms with Crippen molar-refractivity contribution in [2.45, 2.75) is 13.8 Å². The van der Waals surface area contributed by atoms with E-state index in [1.807, 2.05) is 53.6 Å². The number of nitrogens with zero attached hydrogens (tertiary/aromatic N) is 5. The zero-order valence-corrected chi connectivity index (χ0v) is 26.0. The predicted octanol–water partition coefficient (Wildman–Crippen LogP) is 8.66. The van der Waals surface area contributed by atoms with Crippen LogP contribution in [-0.2, 0) is 21.1 Å². The number of fused-ring (bicyclic) bond motifs is 12. The van der Waals surface area contributed by atoms with Gasteiger partial charge in [0.15, 0.2) is 0 Å². The van der Waals surface area contributed by atoms with Gasteiger partial charge in [-0.25, -0.2) is 0 Å². The van der Waals surface area contributed by atoms with Gasteiger partial charge in [-0.2, -0.15) is 0 Å². The van der Waals surface area contributed by atoms with Crippen LogP contribution in [0.5, 0.6) is 11.5 Å². The average molecular weight is 749 g/mol. The molecule has 0 N–H and O–H groups in total. The van der Waals surface area contributed by atoms with E-state index in [-0.39, 0.29) is 21.1 Å². The Bertz CT molecular complexity index is 2560. The standard InChI is InChI=1S/C37H23N5O.Pt/c1-22-4-3-5-23(2)35(22)24-6-11-33-30(18-24)28-10-8-26(20-32(28)36-39-14-16-41(33)36)43-25-7-9-27-29-12-13-38-21-34(29)42-17-15-40-37(42)31(27)19-25;/h3-18,21H,1-2H3;/q-2;+2. The molecule has 5 heterocycles. The zero-order chi connectivity index (χ0) is 28.7. The molecule has 4 aromatic carbocycles. The van der Waals surface area contributed by atoms with E-state index in [9.17, 15) is 0 Å². The molecular weight excluding hydrogens is 726 g/mol. The van der Waals surface area contributed by atoms with Gasteiger partial charge in [0, 0.05) is 54.2 Å². The molecule has 0 bridgehead atoms. The summed E-state index contributed by atoms with van der Waals surface area (Å²) in [5, 5.41) is 6.16. The van der Waals surface area contributed by atoms with E-state index in [4.69, 9.17) is 9.72 Å². The van der Waals surface area contributed by atoms with E-state index in [0.717, 1.165) is 54.6 Å². The second kappa shape index (κ2) is 10.0. The maximum atomic E-state index is 6.40. The summed E-state index contributed by atoms with van der Waals surface area (Å²) in [6.07, 6.45) is 11.3. The molecule has 0 unspecified atom stereocenters. The molecule has 9 rings (SSSR count). The van der Waals surface area contributed by atoms with Gasteiger partial charge in [0.1, 0.15) is 0 Å². The second-order valence-electron chi connectivity index (χ2n) is 11.0. The van der Waals surface area contributed by atoms with Crippen LogP contribution >= 0.6 is 0 Å². The van der Waals surface area contributed by atoms with E-state index in [2.05, 4.69) is 88.9 Å². The van der Waals surface area contributed by atoms with Crippen molar-refractivity contribution in [3.05, 3.63) is 127 Å². The molecule has 0 fully saturated rings. The van der Waals surface area contributed by atoms with Gasteiger partial charge in [0.25, 0.3) is 0 Å². The van der Waals surface area contributed by atoms with E-state index < -0.39 is 0 Å². The largest absolute Gasteiger partial charge is 2.00 e. The first-order valence-electron chi connectivity index (χ1n) is 14.2. The average Bonchev–Trinajstić information content (AvgIpc) is 3.72. The molecule has 0 amide bonds. The molecule has 0 spiro atoms. The molecule has 212 valence electrons. The molecule has 5 aromatic heterocycles. The van der Waals surface area contributed by atoms with Crippen molar-refractivity contribution >= 4 is 54.6 Å². The van der Waals surface area contributed by atoms with Gasteiger partial charge in [0.05, 0.1) is 16.8 Å². The molecule has 0 aliphatic carbocycles. The van der Waals surface area contributed by atoms with Crippen molar-refractivity contribution in [3.8, 4) is 22.6 Å². The van der Waals surface area contributed by atoms with Crippen LogP contribution < -0.4 is 4.74 Å². The minimum atomic E-state index is 0. The molecule has 0 radical (unpaired) electrons. The molecular formula is C37H23N5OPt. The molecule has 0 saturated carbocycles. The molecule has 44 heavy (non-hydrogen) atoms. The maximum absolute atomic E-state index is 6.40. The minimum Gasteiger partial charge on any atom is -0.497 e. The Morgan fingerprint density at radius 1 is 0.636 bits per heavy atom. The number of aromatic nitrogens is 5. The van der Waals surface area contributed by atoms with Crippen molar-refractivity contribution in [3.63, 3.8) is 0 Å². The Morgan fingerprint density at radius 2 is 1.27 bits per heavy atom. The van der Waals surface area contributed by atoms with Gasteiger partial charge < -0.3 is 13.5 Å². The monoisotopic (exact) mass is 748 g/mol. The first-order valence-corrected chi connectivity index (χ1v) is 14.2. The van der Waals surface area contributed by atoms with Crippen LogP contribution in [0.1, 0.15) is 11.1 Å². The molecule has 9 aromatic rings. The third kappa shape index (κ3) is 3.88. The molecule has 0 aliphatic rings. The van der Waals surface area contributed by atoms with Crippen LogP contribution in [0, 0.1) is 26.0 Å². The number of ether oxygens (including phenoxy) is 1. The van der Waals surface area contributed by atoms with Gasteiger partial charge in [0.2, 0.25) is 0 Å². The summed E-state index contributed by atoms with van der Waals surface area (Å²) >= 11 is 0. The first kappa shape index (κ1) is 26.6. The van der Waals surface area contributed by atoms with Crippen LogP contribution in [0.3, 0.4) is 0 Å². The van der Waals surface area contributed by atoms with Gasteiger partial charge in [-0.15, -0.1) is 12.1 Å². The Labute approximate surface area is 266 Å². The van der Waals surface area contributed by atoms with E-state index in [0.29, 0.717) is 11.5 Å². The summed E-state index contributed by atoms with van der Waals surface area (Å²) < 4.78 is 10.6. The topological polar surface area (TPSA) is 56.7 Å². The zero-order valence-electron chi connectivity index (χ0n) is 23.8. The molecule has 0 aliphatic heterocycles. The Kier molecular flexibility index (Phi) is 6.04. The van der Waals surface area contributed by atoms with Crippen LogP contribution in [-0.4, -0.2) is 23.8 Å². The summed E-state index contributed by atoms with van der Waals surface area (Å²) in [6.45, 7) is 4.34. The quantitative estimate of drug-likeness (QED) is 0.134. The normalized spacial score (nSPS) is 11.7. The fraction of sp³-hybridized carbons (Fsp3) is 0.0541. The molecule has 6 nitrogen and oxygen atoms in total. The fourth-order valence-corrected chi connectivity index (χ4v) is 6.55. The van der Waals surface area contributed by atoms with Crippen LogP contribution in [0.4, 0.5) is 0 Å². The first-order chi connectivity index (χ1) is 21.1. The fourth-order valence-electron chi connectivity index (χ4n) is 6.55. The number of hydrogen-bond donors (Lipinski definition) is 0. The van der Waals surface area contributed by atoms with Crippen LogP contribution in [0.25, 0.3) is 65.8 Å². The van der Waals surface area contributed by atoms with Gasteiger partial charge >= 0.3 is 21.1 Å². The number of pyridine rings is 3. The SMILES string of the molecule is Cc1cccc(C)c1-c1ccc2c(c1)c1ccc(Oc3[c-]c4c(cc3)c3ccncc3n3ccnc43)[c-]c1c1nccn21.[Pt+2]. The van der Waals surface area contributed by atoms with Gasteiger partial charge in [-0.3, -0.25) is 15.0 Å². The second-order valence-corrected chi connectivity index (χ2v) is 11.0. The van der Waals surface area contributed by atoms with Crippen molar-refractivity contribution in [1.82, 2.24) is 23.8 Å². The summed E-state index contributed by atoms with van der Waals surface area (Å²) in [6, 6.07) is 30.3. The third-order valence-corrected chi connectivity index (χ3v) is 8.45. The minimum absolute atomic E-state index is 0. The van der Waals surface area contributed by atoms with E-state index in [1.165, 1.54) is 22.3 Å². The Hall–Kier alpha value is -5.06. The van der Waals surface area contributed by atoms with Crippen molar-refractivity contribution in [2.75, 3.05) is 0 Å². The van der Waals surface area contributed by atoms with Crippen molar-refractivity contribution < 1.29 is 25.8 Å². The third-order valence-electron chi connectivity index (χ3n) is 8.45. The number of hydrogen-bond acceptors (Lipinski definition) is 4. The number of rotatable bonds is 3. The predicted molar refractivity (Wildman–Crippen MR) is 171 cm³/mol. The summed E-state index contributed by atoms with van der Waals surface area (Å²) in [4.78, 5) is 13.6. The summed E-state index contributed by atoms with van der Waals surface area (Å²) in [7, 11) is 0. The molecule has 0 atom stereocenters. The van der Waals surface area contributed by atoms with E-state index in [1.54, 1.807) is 6.20 Å². The summed E-state index contributed by atoms with van der Waals surface area (Å²) in [5.41, 5.74) is 8.76. The molecule has 0 saturated heterocycles. The van der Waals surface area contributed by atoms with Gasteiger partial charge in [-0.05, 0) is 59.0 Å².